The molecule has 0 radical (unpaired) electrons. The van der Waals surface area contributed by atoms with Crippen LogP contribution in [0.25, 0.3) is 17.1 Å². The molecule has 0 atom stereocenters. The van der Waals surface area contributed by atoms with Gasteiger partial charge < -0.3 is 9.47 Å². The molecule has 0 unspecified atom stereocenters. The fourth-order valence-electron chi connectivity index (χ4n) is 3.17. The molecular formula is C25H23N3O3. The Bertz CT molecular complexity index is 1150. The third-order valence-electron chi connectivity index (χ3n) is 4.88. The van der Waals surface area contributed by atoms with Crippen LogP contribution in [0.3, 0.4) is 0 Å². The number of aromatic nitrogens is 3. The van der Waals surface area contributed by atoms with Crippen molar-refractivity contribution >= 4 is 5.78 Å². The zero-order valence-corrected chi connectivity index (χ0v) is 17.5. The second-order valence-corrected chi connectivity index (χ2v) is 6.95. The minimum Gasteiger partial charge on any atom is -0.489 e. The lowest BCUT2D eigenvalue weighted by molar-refractivity contribution is 0.0984. The van der Waals surface area contributed by atoms with Crippen LogP contribution in [-0.4, -0.2) is 27.4 Å². The van der Waals surface area contributed by atoms with Gasteiger partial charge in [0.25, 0.3) is 0 Å². The van der Waals surface area contributed by atoms with Crippen molar-refractivity contribution in [1.29, 1.82) is 0 Å². The van der Waals surface area contributed by atoms with Crippen LogP contribution in [0.2, 0.25) is 0 Å². The van der Waals surface area contributed by atoms with Gasteiger partial charge in [0.05, 0.1) is 7.11 Å². The van der Waals surface area contributed by atoms with Crippen molar-refractivity contribution < 1.29 is 14.3 Å². The number of ether oxygens (including phenoxy) is 2. The zero-order chi connectivity index (χ0) is 21.6. The molecule has 31 heavy (non-hydrogen) atoms. The molecule has 0 saturated carbocycles. The number of nitrogens with zero attached hydrogens (tertiary/aromatic N) is 3. The summed E-state index contributed by atoms with van der Waals surface area (Å²) < 4.78 is 12.9. The van der Waals surface area contributed by atoms with Gasteiger partial charge in [-0.05, 0) is 35.9 Å². The fourth-order valence-corrected chi connectivity index (χ4v) is 3.17. The van der Waals surface area contributed by atoms with E-state index in [4.69, 9.17) is 9.47 Å². The highest BCUT2D eigenvalue weighted by Gasteiger charge is 2.16. The minimum atomic E-state index is -0.00992. The van der Waals surface area contributed by atoms with Crippen LogP contribution >= 0.6 is 0 Å². The van der Waals surface area contributed by atoms with E-state index in [1.807, 2.05) is 72.2 Å². The Balaban J connectivity index is 1.62. The third kappa shape index (κ3) is 4.64. The fraction of sp³-hybridized carbons (Fsp3) is 0.160. The molecule has 0 spiro atoms. The summed E-state index contributed by atoms with van der Waals surface area (Å²) in [6.07, 6.45) is 3.85. The van der Waals surface area contributed by atoms with Gasteiger partial charge in [-0.15, -0.1) is 0 Å². The molecule has 156 valence electrons. The monoisotopic (exact) mass is 413 g/mol. The van der Waals surface area contributed by atoms with E-state index in [0.717, 1.165) is 22.6 Å². The number of hydrogen-bond donors (Lipinski definition) is 0. The van der Waals surface area contributed by atoms with E-state index in [1.54, 1.807) is 25.6 Å². The number of Topliss-reactive ketones (excluding diaryl/α,β-unsaturated/α-hetero) is 1. The summed E-state index contributed by atoms with van der Waals surface area (Å²) in [5.41, 5.74) is 3.21. The molecule has 0 saturated heterocycles. The van der Waals surface area contributed by atoms with Crippen LogP contribution < -0.4 is 9.47 Å². The third-order valence-corrected chi connectivity index (χ3v) is 4.88. The van der Waals surface area contributed by atoms with Gasteiger partial charge >= 0.3 is 0 Å². The van der Waals surface area contributed by atoms with Crippen LogP contribution in [0, 0.1) is 0 Å². The second kappa shape index (κ2) is 9.26. The molecule has 0 N–H and O–H groups in total. The molecule has 6 nitrogen and oxygen atoms in total. The van der Waals surface area contributed by atoms with Gasteiger partial charge in [0.15, 0.2) is 5.78 Å². The number of rotatable bonds is 8. The number of carbonyl (C=O) groups excluding carboxylic acids is 1. The highest BCUT2D eigenvalue weighted by atomic mass is 16.5. The summed E-state index contributed by atoms with van der Waals surface area (Å²) in [7, 11) is 1.57. The first-order valence-corrected chi connectivity index (χ1v) is 10.1. The predicted molar refractivity (Wildman–Crippen MR) is 119 cm³/mol. The normalized spacial score (nSPS) is 10.6. The largest absolute Gasteiger partial charge is 0.489 e. The summed E-state index contributed by atoms with van der Waals surface area (Å²) in [4.78, 5) is 21.1. The highest BCUT2D eigenvalue weighted by molar-refractivity contribution is 5.94. The highest BCUT2D eigenvalue weighted by Crippen LogP contribution is 2.26. The van der Waals surface area contributed by atoms with Crippen LogP contribution in [0.15, 0.2) is 79.1 Å². The Morgan fingerprint density at radius 1 is 1.00 bits per heavy atom. The Morgan fingerprint density at radius 2 is 1.77 bits per heavy atom. The topological polar surface area (TPSA) is 66.2 Å². The Hall–Kier alpha value is -3.93. The van der Waals surface area contributed by atoms with E-state index < -0.39 is 0 Å². The van der Waals surface area contributed by atoms with Gasteiger partial charge in [0.2, 0.25) is 5.88 Å². The van der Waals surface area contributed by atoms with E-state index in [2.05, 4.69) is 9.97 Å². The van der Waals surface area contributed by atoms with Gasteiger partial charge in [-0.2, -0.15) is 0 Å². The summed E-state index contributed by atoms with van der Waals surface area (Å²) in [6.45, 7) is 2.33. The SMILES string of the molecule is CCC(=O)c1cn(-c2ccc(OCc3ccccc3)cc2)c(-c2ccc(OC)nc2)n1. The van der Waals surface area contributed by atoms with Crippen LogP contribution in [0.4, 0.5) is 0 Å². The molecule has 0 fully saturated rings. The van der Waals surface area contributed by atoms with Crippen molar-refractivity contribution in [3.05, 3.63) is 90.4 Å². The number of imidazole rings is 1. The van der Waals surface area contributed by atoms with Gasteiger partial charge in [-0.1, -0.05) is 37.3 Å². The summed E-state index contributed by atoms with van der Waals surface area (Å²) in [5.74, 6) is 1.92. The number of benzene rings is 2. The minimum absolute atomic E-state index is 0.00992. The van der Waals surface area contributed by atoms with E-state index in [0.29, 0.717) is 30.4 Å². The van der Waals surface area contributed by atoms with Gasteiger partial charge in [0, 0.05) is 36.1 Å². The van der Waals surface area contributed by atoms with Crippen LogP contribution in [0.1, 0.15) is 29.4 Å². The number of methoxy groups -OCH3 is 1. The Labute approximate surface area is 181 Å². The van der Waals surface area contributed by atoms with Crippen molar-refractivity contribution in [2.24, 2.45) is 0 Å². The van der Waals surface area contributed by atoms with E-state index in [9.17, 15) is 4.79 Å². The lowest BCUT2D eigenvalue weighted by atomic mass is 10.2. The number of ketones is 1. The summed E-state index contributed by atoms with van der Waals surface area (Å²) in [6, 6.07) is 21.4. The number of carbonyl (C=O) groups is 1. The van der Waals surface area contributed by atoms with E-state index in [1.165, 1.54) is 0 Å². The molecule has 0 aliphatic rings. The predicted octanol–water partition coefficient (Wildman–Crippen LogP) is 5.11. The van der Waals surface area contributed by atoms with Crippen molar-refractivity contribution in [1.82, 2.24) is 14.5 Å². The maximum absolute atomic E-state index is 12.3. The smallest absolute Gasteiger partial charge is 0.212 e. The lowest BCUT2D eigenvalue weighted by Crippen LogP contribution is -1.98. The first-order chi connectivity index (χ1) is 15.2. The van der Waals surface area contributed by atoms with Crippen molar-refractivity contribution in [2.45, 2.75) is 20.0 Å². The van der Waals surface area contributed by atoms with Gasteiger partial charge in [0.1, 0.15) is 23.9 Å². The second-order valence-electron chi connectivity index (χ2n) is 6.95. The van der Waals surface area contributed by atoms with Gasteiger partial charge in [-0.3, -0.25) is 9.36 Å². The average molecular weight is 413 g/mol. The molecule has 4 rings (SSSR count). The van der Waals surface area contributed by atoms with Crippen molar-refractivity contribution in [3.63, 3.8) is 0 Å². The first-order valence-electron chi connectivity index (χ1n) is 10.1. The summed E-state index contributed by atoms with van der Waals surface area (Å²) in [5, 5.41) is 0. The molecule has 0 aliphatic carbocycles. The molecular weight excluding hydrogens is 390 g/mol. The molecule has 2 aromatic carbocycles. The standard InChI is InChI=1S/C25H23N3O3/c1-3-23(29)22-16-28(25(27-22)19-9-14-24(30-2)26-15-19)20-10-12-21(13-11-20)31-17-18-7-5-4-6-8-18/h4-16H,3,17H2,1-2H3. The Kier molecular flexibility index (Phi) is 6.08. The van der Waals surface area contributed by atoms with Crippen molar-refractivity contribution in [3.8, 4) is 28.7 Å². The van der Waals surface area contributed by atoms with E-state index in [-0.39, 0.29) is 5.78 Å². The number of pyridine rings is 1. The van der Waals surface area contributed by atoms with E-state index >= 15 is 0 Å². The maximum Gasteiger partial charge on any atom is 0.212 e. The first kappa shape index (κ1) is 20.3. The zero-order valence-electron chi connectivity index (χ0n) is 17.5. The lowest BCUT2D eigenvalue weighted by Gasteiger charge is -2.10. The number of hydrogen-bond acceptors (Lipinski definition) is 5. The maximum atomic E-state index is 12.3. The van der Waals surface area contributed by atoms with Gasteiger partial charge in [-0.25, -0.2) is 9.97 Å². The molecule has 4 aromatic rings. The summed E-state index contributed by atoms with van der Waals surface area (Å²) >= 11 is 0. The van der Waals surface area contributed by atoms with Crippen LogP contribution in [0.5, 0.6) is 11.6 Å². The average Bonchev–Trinajstić information content (AvgIpc) is 3.29. The quantitative estimate of drug-likeness (QED) is 0.375. The molecule has 6 heteroatoms. The molecule has 0 amide bonds. The van der Waals surface area contributed by atoms with Crippen molar-refractivity contribution in [2.75, 3.05) is 7.11 Å². The van der Waals surface area contributed by atoms with Crippen LogP contribution in [-0.2, 0) is 6.61 Å². The molecule has 2 heterocycles. The molecule has 0 aliphatic heterocycles. The Morgan fingerprint density at radius 3 is 2.42 bits per heavy atom. The molecule has 2 aromatic heterocycles. The molecule has 0 bridgehead atoms.